The van der Waals surface area contributed by atoms with Crippen molar-refractivity contribution in [2.45, 2.75) is 13.3 Å². The van der Waals surface area contributed by atoms with Gasteiger partial charge in [0.05, 0.1) is 16.3 Å². The number of aryl methyl sites for hydroxylation is 1. The van der Waals surface area contributed by atoms with E-state index in [-0.39, 0.29) is 5.56 Å². The lowest BCUT2D eigenvalue weighted by Crippen LogP contribution is -2.09. The number of nitrogens with zero attached hydrogens (tertiary/aromatic N) is 1. The van der Waals surface area contributed by atoms with E-state index in [1.54, 1.807) is 29.5 Å². The largest absolute Gasteiger partial charge is 0.478 e. The van der Waals surface area contributed by atoms with Crippen LogP contribution in [0.3, 0.4) is 0 Å². The maximum atomic E-state index is 11.1. The van der Waals surface area contributed by atoms with Crippen LogP contribution in [-0.2, 0) is 6.42 Å². The van der Waals surface area contributed by atoms with Crippen molar-refractivity contribution in [3.63, 3.8) is 0 Å². The van der Waals surface area contributed by atoms with Crippen molar-refractivity contribution in [3.05, 3.63) is 44.3 Å². The maximum absolute atomic E-state index is 11.1. The van der Waals surface area contributed by atoms with E-state index in [1.165, 1.54) is 0 Å². The highest BCUT2D eigenvalue weighted by molar-refractivity contribution is 9.10. The summed E-state index contributed by atoms with van der Waals surface area (Å²) in [6, 6.07) is 5.08. The normalized spacial score (nSPS) is 10.4. The quantitative estimate of drug-likeness (QED) is 0.873. The summed E-state index contributed by atoms with van der Waals surface area (Å²) < 4.78 is 0.851. The average Bonchev–Trinajstić information content (AvgIpc) is 2.75. The number of rotatable bonds is 5. The van der Waals surface area contributed by atoms with Crippen LogP contribution in [0.25, 0.3) is 0 Å². The Morgan fingerprint density at radius 2 is 2.32 bits per heavy atom. The minimum atomic E-state index is -0.931. The zero-order chi connectivity index (χ0) is 13.8. The van der Waals surface area contributed by atoms with Crippen LogP contribution >= 0.6 is 27.3 Å². The molecule has 0 aliphatic rings. The van der Waals surface area contributed by atoms with Gasteiger partial charge in [-0.2, -0.15) is 0 Å². The van der Waals surface area contributed by atoms with E-state index in [0.29, 0.717) is 12.2 Å². The summed E-state index contributed by atoms with van der Waals surface area (Å²) in [6.07, 6.45) is 0.774. The molecule has 0 aliphatic heterocycles. The SMILES string of the molecule is Cc1nc(CCNc2cc(Br)ccc2C(=O)O)cs1. The van der Waals surface area contributed by atoms with Gasteiger partial charge in [0.1, 0.15) is 0 Å². The molecule has 2 N–H and O–H groups in total. The second-order valence-corrected chi connectivity index (χ2v) is 6.01. The lowest BCUT2D eigenvalue weighted by molar-refractivity contribution is 0.0698. The van der Waals surface area contributed by atoms with E-state index in [4.69, 9.17) is 5.11 Å². The highest BCUT2D eigenvalue weighted by Crippen LogP contribution is 2.21. The number of carboxylic acid groups (broad SMARTS) is 1. The second kappa shape index (κ2) is 6.16. The Hall–Kier alpha value is -1.40. The molecule has 100 valence electrons. The molecule has 1 aromatic carbocycles. The Kier molecular flexibility index (Phi) is 4.55. The highest BCUT2D eigenvalue weighted by Gasteiger charge is 2.10. The van der Waals surface area contributed by atoms with Gasteiger partial charge in [-0.3, -0.25) is 0 Å². The third kappa shape index (κ3) is 3.78. The summed E-state index contributed by atoms with van der Waals surface area (Å²) in [5.74, 6) is -0.931. The molecule has 0 saturated heterocycles. The van der Waals surface area contributed by atoms with E-state index in [2.05, 4.69) is 26.2 Å². The molecule has 1 aromatic heterocycles. The van der Waals surface area contributed by atoms with Crippen molar-refractivity contribution in [3.8, 4) is 0 Å². The lowest BCUT2D eigenvalue weighted by Gasteiger charge is -2.09. The minimum absolute atomic E-state index is 0.276. The van der Waals surface area contributed by atoms with Gasteiger partial charge in [0.2, 0.25) is 0 Å². The van der Waals surface area contributed by atoms with Crippen molar-refractivity contribution in [2.75, 3.05) is 11.9 Å². The predicted octanol–water partition coefficient (Wildman–Crippen LogP) is 3.57. The van der Waals surface area contributed by atoms with Gasteiger partial charge >= 0.3 is 5.97 Å². The van der Waals surface area contributed by atoms with E-state index in [1.807, 2.05) is 12.3 Å². The number of hydrogen-bond acceptors (Lipinski definition) is 4. The zero-order valence-corrected chi connectivity index (χ0v) is 12.7. The lowest BCUT2D eigenvalue weighted by atomic mass is 10.1. The third-order valence-electron chi connectivity index (χ3n) is 2.58. The molecule has 0 amide bonds. The summed E-state index contributed by atoms with van der Waals surface area (Å²) in [6.45, 7) is 2.62. The third-order valence-corrected chi connectivity index (χ3v) is 3.89. The Balaban J connectivity index is 2.02. The first-order chi connectivity index (χ1) is 9.06. The molecule has 0 fully saturated rings. The van der Waals surface area contributed by atoms with Crippen LogP contribution in [0, 0.1) is 6.92 Å². The molecule has 0 radical (unpaired) electrons. The molecule has 19 heavy (non-hydrogen) atoms. The highest BCUT2D eigenvalue weighted by atomic mass is 79.9. The monoisotopic (exact) mass is 340 g/mol. The summed E-state index contributed by atoms with van der Waals surface area (Å²) >= 11 is 4.96. The molecule has 0 unspecified atom stereocenters. The van der Waals surface area contributed by atoms with Crippen LogP contribution < -0.4 is 5.32 Å². The van der Waals surface area contributed by atoms with E-state index in [9.17, 15) is 4.79 Å². The number of halogens is 1. The molecular weight excluding hydrogens is 328 g/mol. The standard InChI is InChI=1S/C13H13BrN2O2S/c1-8-16-10(7-19-8)4-5-15-12-6-9(14)2-3-11(12)13(17)18/h2-3,6-7,15H,4-5H2,1H3,(H,17,18). The number of anilines is 1. The average molecular weight is 341 g/mol. The molecule has 0 aliphatic carbocycles. The van der Waals surface area contributed by atoms with Crippen LogP contribution in [-0.4, -0.2) is 22.6 Å². The fraction of sp³-hybridized carbons (Fsp3) is 0.231. The molecule has 4 nitrogen and oxygen atoms in total. The topological polar surface area (TPSA) is 62.2 Å². The molecule has 2 rings (SSSR count). The van der Waals surface area contributed by atoms with Gasteiger partial charge in [0.25, 0.3) is 0 Å². The van der Waals surface area contributed by atoms with Gasteiger partial charge in [0, 0.05) is 28.5 Å². The van der Waals surface area contributed by atoms with Crippen LogP contribution in [0.15, 0.2) is 28.1 Å². The van der Waals surface area contributed by atoms with Crippen molar-refractivity contribution in [1.82, 2.24) is 4.98 Å². The molecule has 2 aromatic rings. The number of carbonyl (C=O) groups is 1. The number of nitrogens with one attached hydrogen (secondary N) is 1. The fourth-order valence-electron chi connectivity index (χ4n) is 1.70. The van der Waals surface area contributed by atoms with Crippen molar-refractivity contribution < 1.29 is 9.90 Å². The number of thiazole rings is 1. The van der Waals surface area contributed by atoms with Gasteiger partial charge in [-0.1, -0.05) is 15.9 Å². The molecule has 6 heteroatoms. The number of benzene rings is 1. The number of aromatic carboxylic acids is 1. The predicted molar refractivity (Wildman–Crippen MR) is 80.1 cm³/mol. The Morgan fingerprint density at radius 3 is 2.95 bits per heavy atom. The van der Waals surface area contributed by atoms with Gasteiger partial charge in [-0.25, -0.2) is 9.78 Å². The van der Waals surface area contributed by atoms with Gasteiger partial charge in [-0.05, 0) is 25.1 Å². The van der Waals surface area contributed by atoms with Crippen LogP contribution in [0.4, 0.5) is 5.69 Å². The minimum Gasteiger partial charge on any atom is -0.478 e. The molecule has 1 heterocycles. The Bertz CT molecular complexity index is 598. The summed E-state index contributed by atoms with van der Waals surface area (Å²) in [5, 5.41) is 15.3. The van der Waals surface area contributed by atoms with Crippen molar-refractivity contribution in [2.24, 2.45) is 0 Å². The van der Waals surface area contributed by atoms with Crippen molar-refractivity contribution >= 4 is 38.9 Å². The van der Waals surface area contributed by atoms with E-state index >= 15 is 0 Å². The van der Waals surface area contributed by atoms with Crippen molar-refractivity contribution in [1.29, 1.82) is 0 Å². The Labute approximate surface area is 123 Å². The summed E-state index contributed by atoms with van der Waals surface area (Å²) in [4.78, 5) is 15.5. The van der Waals surface area contributed by atoms with Gasteiger partial charge in [0.15, 0.2) is 0 Å². The summed E-state index contributed by atoms with van der Waals surface area (Å²) in [5.41, 5.74) is 1.92. The fourth-order valence-corrected chi connectivity index (χ4v) is 2.71. The Morgan fingerprint density at radius 1 is 1.53 bits per heavy atom. The molecule has 0 atom stereocenters. The first-order valence-corrected chi connectivity index (χ1v) is 7.41. The molecule has 0 spiro atoms. The van der Waals surface area contributed by atoms with E-state index < -0.39 is 5.97 Å². The van der Waals surface area contributed by atoms with Crippen LogP contribution in [0.5, 0.6) is 0 Å². The number of aromatic nitrogens is 1. The number of carboxylic acids is 1. The zero-order valence-electron chi connectivity index (χ0n) is 10.3. The van der Waals surface area contributed by atoms with Gasteiger partial charge < -0.3 is 10.4 Å². The van der Waals surface area contributed by atoms with Crippen LogP contribution in [0.2, 0.25) is 0 Å². The summed E-state index contributed by atoms with van der Waals surface area (Å²) in [7, 11) is 0. The van der Waals surface area contributed by atoms with E-state index in [0.717, 1.165) is 21.6 Å². The smallest absolute Gasteiger partial charge is 0.337 e. The maximum Gasteiger partial charge on any atom is 0.337 e. The second-order valence-electron chi connectivity index (χ2n) is 4.03. The van der Waals surface area contributed by atoms with Gasteiger partial charge in [-0.15, -0.1) is 11.3 Å². The molecular formula is C13H13BrN2O2S. The van der Waals surface area contributed by atoms with Crippen LogP contribution in [0.1, 0.15) is 21.1 Å². The first-order valence-electron chi connectivity index (χ1n) is 5.74. The first kappa shape index (κ1) is 14.0. The molecule has 0 saturated carbocycles. The number of hydrogen-bond donors (Lipinski definition) is 2. The molecule has 0 bridgehead atoms.